The number of nitrogens with one attached hydrogen (secondary N) is 1. The number of amidine groups is 1. The third kappa shape index (κ3) is 3.76. The summed E-state index contributed by atoms with van der Waals surface area (Å²) in [5.41, 5.74) is 6.56. The van der Waals surface area contributed by atoms with E-state index < -0.39 is 0 Å². The molecule has 0 aliphatic carbocycles. The SMILES string of the molecule is Cl.N=C(N)c1cccnc1OCc1c(Cl)cccc1Cl. The molecule has 2 rings (SSSR count). The van der Waals surface area contributed by atoms with E-state index in [1.54, 1.807) is 36.5 Å². The van der Waals surface area contributed by atoms with Crippen LogP contribution < -0.4 is 10.5 Å². The zero-order chi connectivity index (χ0) is 13.8. The lowest BCUT2D eigenvalue weighted by molar-refractivity contribution is 0.293. The second-order valence-electron chi connectivity index (χ2n) is 3.76. The standard InChI is InChI=1S/C13H11Cl2N3O.ClH/c14-10-4-1-5-11(15)9(10)7-19-13-8(12(16)17)3-2-6-18-13;/h1-6H,7H2,(H3,16,17);1H. The molecular weight excluding hydrogens is 321 g/mol. The maximum atomic E-state index is 7.45. The molecule has 106 valence electrons. The van der Waals surface area contributed by atoms with Crippen molar-refractivity contribution < 1.29 is 4.74 Å². The Morgan fingerprint density at radius 1 is 1.20 bits per heavy atom. The second kappa shape index (κ2) is 7.33. The molecule has 0 saturated heterocycles. The first-order valence-electron chi connectivity index (χ1n) is 5.44. The number of nitrogens with two attached hydrogens (primary N) is 1. The highest BCUT2D eigenvalue weighted by Crippen LogP contribution is 2.26. The van der Waals surface area contributed by atoms with Crippen molar-refractivity contribution in [3.8, 4) is 5.88 Å². The Labute approximate surface area is 132 Å². The van der Waals surface area contributed by atoms with Crippen LogP contribution in [0.3, 0.4) is 0 Å². The molecule has 0 bridgehead atoms. The molecule has 0 unspecified atom stereocenters. The van der Waals surface area contributed by atoms with Crippen LogP contribution >= 0.6 is 35.6 Å². The fraction of sp³-hybridized carbons (Fsp3) is 0.0769. The monoisotopic (exact) mass is 331 g/mol. The van der Waals surface area contributed by atoms with Crippen LogP contribution in [0.25, 0.3) is 0 Å². The van der Waals surface area contributed by atoms with Crippen LogP contribution in [-0.4, -0.2) is 10.8 Å². The minimum atomic E-state index is -0.103. The van der Waals surface area contributed by atoms with Crippen LogP contribution in [-0.2, 0) is 6.61 Å². The summed E-state index contributed by atoms with van der Waals surface area (Å²) in [4.78, 5) is 4.05. The molecule has 1 aromatic heterocycles. The molecule has 0 saturated carbocycles. The molecule has 1 aromatic carbocycles. The highest BCUT2D eigenvalue weighted by atomic mass is 35.5. The van der Waals surface area contributed by atoms with E-state index in [0.717, 1.165) is 0 Å². The maximum absolute atomic E-state index is 7.45. The van der Waals surface area contributed by atoms with Gasteiger partial charge < -0.3 is 10.5 Å². The number of nitrogen functional groups attached to an aromatic ring is 1. The number of pyridine rings is 1. The average Bonchev–Trinajstić information content (AvgIpc) is 2.38. The van der Waals surface area contributed by atoms with E-state index in [4.69, 9.17) is 39.1 Å². The Morgan fingerprint density at radius 2 is 1.85 bits per heavy atom. The van der Waals surface area contributed by atoms with Crippen molar-refractivity contribution in [2.75, 3.05) is 0 Å². The zero-order valence-electron chi connectivity index (χ0n) is 10.3. The smallest absolute Gasteiger partial charge is 0.224 e. The number of rotatable bonds is 4. The molecule has 1 heterocycles. The van der Waals surface area contributed by atoms with E-state index in [-0.39, 0.29) is 30.7 Å². The van der Waals surface area contributed by atoms with E-state index >= 15 is 0 Å². The molecule has 2 aromatic rings. The molecule has 20 heavy (non-hydrogen) atoms. The minimum absolute atomic E-state index is 0. The second-order valence-corrected chi connectivity index (χ2v) is 4.57. The van der Waals surface area contributed by atoms with Crippen molar-refractivity contribution in [3.05, 3.63) is 57.7 Å². The molecule has 0 spiro atoms. The number of nitrogens with zero attached hydrogens (tertiary/aromatic N) is 1. The number of hydrogen-bond donors (Lipinski definition) is 2. The number of aromatic nitrogens is 1. The fourth-order valence-electron chi connectivity index (χ4n) is 1.52. The van der Waals surface area contributed by atoms with Crippen molar-refractivity contribution in [1.82, 2.24) is 4.98 Å². The van der Waals surface area contributed by atoms with Crippen molar-refractivity contribution in [1.29, 1.82) is 5.41 Å². The van der Waals surface area contributed by atoms with Gasteiger partial charge in [0, 0.05) is 21.8 Å². The van der Waals surface area contributed by atoms with Gasteiger partial charge >= 0.3 is 0 Å². The minimum Gasteiger partial charge on any atom is -0.472 e. The van der Waals surface area contributed by atoms with Gasteiger partial charge in [-0.2, -0.15) is 0 Å². The molecule has 0 atom stereocenters. The molecule has 0 fully saturated rings. The first-order chi connectivity index (χ1) is 9.09. The van der Waals surface area contributed by atoms with Gasteiger partial charge in [0.2, 0.25) is 5.88 Å². The summed E-state index contributed by atoms with van der Waals surface area (Å²) in [5.74, 6) is 0.180. The van der Waals surface area contributed by atoms with Gasteiger partial charge in [-0.1, -0.05) is 29.3 Å². The lowest BCUT2D eigenvalue weighted by atomic mass is 10.2. The van der Waals surface area contributed by atoms with Gasteiger partial charge in [-0.15, -0.1) is 12.4 Å². The van der Waals surface area contributed by atoms with Crippen LogP contribution in [0.4, 0.5) is 0 Å². The molecule has 4 nitrogen and oxygen atoms in total. The first-order valence-corrected chi connectivity index (χ1v) is 6.20. The first kappa shape index (κ1) is 16.6. The maximum Gasteiger partial charge on any atom is 0.224 e. The zero-order valence-corrected chi connectivity index (χ0v) is 12.6. The van der Waals surface area contributed by atoms with Gasteiger partial charge in [-0.3, -0.25) is 5.41 Å². The summed E-state index contributed by atoms with van der Waals surface area (Å²) in [6.45, 7) is 0.162. The lowest BCUT2D eigenvalue weighted by Crippen LogP contribution is -2.14. The van der Waals surface area contributed by atoms with E-state index in [1.807, 2.05) is 0 Å². The van der Waals surface area contributed by atoms with Crippen LogP contribution in [0.2, 0.25) is 10.0 Å². The van der Waals surface area contributed by atoms with E-state index in [1.165, 1.54) is 0 Å². The van der Waals surface area contributed by atoms with Gasteiger partial charge in [0.25, 0.3) is 0 Å². The highest BCUT2D eigenvalue weighted by molar-refractivity contribution is 6.35. The fourth-order valence-corrected chi connectivity index (χ4v) is 2.03. The van der Waals surface area contributed by atoms with Crippen molar-refractivity contribution in [2.45, 2.75) is 6.61 Å². The van der Waals surface area contributed by atoms with Crippen molar-refractivity contribution >= 4 is 41.4 Å². The Balaban J connectivity index is 0.00000200. The van der Waals surface area contributed by atoms with Crippen LogP contribution in [0.15, 0.2) is 36.5 Å². The molecule has 0 aliphatic rings. The molecule has 0 aliphatic heterocycles. The summed E-state index contributed by atoms with van der Waals surface area (Å²) >= 11 is 12.1. The Kier molecular flexibility index (Phi) is 6.07. The Bertz CT molecular complexity index is 599. The lowest BCUT2D eigenvalue weighted by Gasteiger charge is -2.11. The third-order valence-electron chi connectivity index (χ3n) is 2.48. The van der Waals surface area contributed by atoms with Gasteiger partial charge in [0.05, 0.1) is 5.56 Å². The third-order valence-corrected chi connectivity index (χ3v) is 3.18. The van der Waals surface area contributed by atoms with E-state index in [2.05, 4.69) is 4.98 Å². The van der Waals surface area contributed by atoms with Gasteiger partial charge in [-0.25, -0.2) is 4.98 Å². The average molecular weight is 333 g/mol. The Morgan fingerprint density at radius 3 is 2.45 bits per heavy atom. The summed E-state index contributed by atoms with van der Waals surface area (Å²) < 4.78 is 5.55. The number of hydrogen-bond acceptors (Lipinski definition) is 3. The molecular formula is C13H12Cl3N3O. The largest absolute Gasteiger partial charge is 0.472 e. The van der Waals surface area contributed by atoms with E-state index in [0.29, 0.717) is 21.2 Å². The van der Waals surface area contributed by atoms with Crippen LogP contribution in [0.1, 0.15) is 11.1 Å². The van der Waals surface area contributed by atoms with Crippen molar-refractivity contribution in [3.63, 3.8) is 0 Å². The predicted molar refractivity (Wildman–Crippen MR) is 83.3 cm³/mol. The number of halogens is 3. The van der Waals surface area contributed by atoms with Gasteiger partial charge in [0.15, 0.2) is 0 Å². The normalized spacial score (nSPS) is 9.70. The van der Waals surface area contributed by atoms with Crippen LogP contribution in [0, 0.1) is 5.41 Å². The van der Waals surface area contributed by atoms with E-state index in [9.17, 15) is 0 Å². The highest BCUT2D eigenvalue weighted by Gasteiger charge is 2.10. The van der Waals surface area contributed by atoms with Crippen molar-refractivity contribution in [2.24, 2.45) is 5.73 Å². The predicted octanol–water partition coefficient (Wildman–Crippen LogP) is 3.67. The topological polar surface area (TPSA) is 72.0 Å². The Hall–Kier alpha value is -1.49. The summed E-state index contributed by atoms with van der Waals surface area (Å²) in [6.07, 6.45) is 1.57. The summed E-state index contributed by atoms with van der Waals surface area (Å²) in [6, 6.07) is 8.58. The molecule has 3 N–H and O–H groups in total. The number of ether oxygens (including phenoxy) is 1. The molecule has 0 amide bonds. The molecule has 0 radical (unpaired) electrons. The molecule has 7 heteroatoms. The quantitative estimate of drug-likeness (QED) is 0.663. The van der Waals surface area contributed by atoms with Gasteiger partial charge in [0.1, 0.15) is 12.4 Å². The van der Waals surface area contributed by atoms with Crippen LogP contribution in [0.5, 0.6) is 5.88 Å². The summed E-state index contributed by atoms with van der Waals surface area (Å²) in [7, 11) is 0. The van der Waals surface area contributed by atoms with Gasteiger partial charge in [-0.05, 0) is 24.3 Å². The number of benzene rings is 1. The summed E-state index contributed by atoms with van der Waals surface area (Å²) in [5, 5.41) is 8.49.